The molecule has 2 aliphatic heterocycles. The molecule has 1 amide bonds. The van der Waals surface area contributed by atoms with Gasteiger partial charge in [-0.15, -0.1) is 0 Å². The molecule has 0 unspecified atom stereocenters. The van der Waals surface area contributed by atoms with Crippen LogP contribution in [0.1, 0.15) is 18.4 Å². The van der Waals surface area contributed by atoms with Gasteiger partial charge in [-0.2, -0.15) is 4.31 Å². The highest BCUT2D eigenvalue weighted by Crippen LogP contribution is 2.28. The number of carbonyl (C=O) groups excluding carboxylic acids is 1. The smallest absolute Gasteiger partial charge is 0.243 e. The molecule has 0 aliphatic carbocycles. The molecular formula is C27H31N3O3S. The van der Waals surface area contributed by atoms with Gasteiger partial charge in [0.25, 0.3) is 0 Å². The first-order valence-electron chi connectivity index (χ1n) is 12.0. The lowest BCUT2D eigenvalue weighted by molar-refractivity contribution is -0.137. The first kappa shape index (κ1) is 22.9. The predicted octanol–water partition coefficient (Wildman–Crippen LogP) is 3.90. The number of amides is 1. The fraction of sp³-hybridized carbons (Fsp3) is 0.370. The highest BCUT2D eigenvalue weighted by Gasteiger charge is 2.34. The zero-order valence-corrected chi connectivity index (χ0v) is 20.4. The number of anilines is 1. The monoisotopic (exact) mass is 477 g/mol. The van der Waals surface area contributed by atoms with Crippen molar-refractivity contribution in [3.63, 3.8) is 0 Å². The number of piperidine rings is 1. The van der Waals surface area contributed by atoms with E-state index in [9.17, 15) is 13.2 Å². The maximum atomic E-state index is 13.2. The van der Waals surface area contributed by atoms with Crippen LogP contribution in [-0.4, -0.2) is 62.8 Å². The van der Waals surface area contributed by atoms with Gasteiger partial charge in [0.15, 0.2) is 0 Å². The number of piperazine rings is 1. The summed E-state index contributed by atoms with van der Waals surface area (Å²) in [5.74, 6) is 0.0696. The third-order valence-corrected chi connectivity index (χ3v) is 9.01. The molecule has 6 nitrogen and oxygen atoms in total. The van der Waals surface area contributed by atoms with Crippen LogP contribution in [0.15, 0.2) is 71.6 Å². The Morgan fingerprint density at radius 3 is 2.21 bits per heavy atom. The summed E-state index contributed by atoms with van der Waals surface area (Å²) in [5.41, 5.74) is 2.45. The van der Waals surface area contributed by atoms with Crippen molar-refractivity contribution in [1.29, 1.82) is 0 Å². The molecule has 0 radical (unpaired) electrons. The van der Waals surface area contributed by atoms with E-state index in [1.807, 2.05) is 35.2 Å². The predicted molar refractivity (Wildman–Crippen MR) is 135 cm³/mol. The number of hydrogen-bond donors (Lipinski definition) is 0. The zero-order chi connectivity index (χ0) is 23.7. The zero-order valence-electron chi connectivity index (χ0n) is 19.6. The van der Waals surface area contributed by atoms with Gasteiger partial charge in [-0.25, -0.2) is 8.42 Å². The molecule has 2 aliphatic rings. The molecule has 5 rings (SSSR count). The Balaban J connectivity index is 1.18. The van der Waals surface area contributed by atoms with Crippen LogP contribution < -0.4 is 4.90 Å². The van der Waals surface area contributed by atoms with Crippen LogP contribution in [0.3, 0.4) is 0 Å². The lowest BCUT2D eigenvalue weighted by atomic mass is 9.96. The van der Waals surface area contributed by atoms with Gasteiger partial charge in [-0.05, 0) is 60.4 Å². The van der Waals surface area contributed by atoms with E-state index in [1.165, 1.54) is 15.6 Å². The van der Waals surface area contributed by atoms with Crippen molar-refractivity contribution in [1.82, 2.24) is 9.21 Å². The number of sulfonamides is 1. The first-order valence-corrected chi connectivity index (χ1v) is 13.5. The molecule has 2 saturated heterocycles. The van der Waals surface area contributed by atoms with Gasteiger partial charge in [-0.1, -0.05) is 42.5 Å². The summed E-state index contributed by atoms with van der Waals surface area (Å²) in [5, 5.41) is 1.94. The Bertz CT molecular complexity index is 1290. The van der Waals surface area contributed by atoms with Crippen LogP contribution in [-0.2, 0) is 14.8 Å². The topological polar surface area (TPSA) is 60.9 Å². The van der Waals surface area contributed by atoms with Gasteiger partial charge in [0.2, 0.25) is 15.9 Å². The van der Waals surface area contributed by atoms with Crippen LogP contribution in [0.25, 0.3) is 10.8 Å². The fourth-order valence-electron chi connectivity index (χ4n) is 5.09. The quantitative estimate of drug-likeness (QED) is 0.572. The maximum Gasteiger partial charge on any atom is 0.243 e. The van der Waals surface area contributed by atoms with E-state index in [0.29, 0.717) is 43.9 Å². The maximum absolute atomic E-state index is 13.2. The Morgan fingerprint density at radius 2 is 1.50 bits per heavy atom. The van der Waals surface area contributed by atoms with Gasteiger partial charge in [0, 0.05) is 50.9 Å². The van der Waals surface area contributed by atoms with E-state index in [4.69, 9.17) is 0 Å². The highest BCUT2D eigenvalue weighted by molar-refractivity contribution is 7.89. The van der Waals surface area contributed by atoms with Crippen molar-refractivity contribution in [2.24, 2.45) is 5.92 Å². The van der Waals surface area contributed by atoms with Gasteiger partial charge in [0.1, 0.15) is 0 Å². The van der Waals surface area contributed by atoms with Crippen molar-refractivity contribution in [3.05, 3.63) is 72.3 Å². The molecule has 0 aromatic heterocycles. The third kappa shape index (κ3) is 4.55. The Morgan fingerprint density at radius 1 is 0.794 bits per heavy atom. The second-order valence-electron chi connectivity index (χ2n) is 9.34. The minimum absolute atomic E-state index is 0.103. The number of carbonyl (C=O) groups is 1. The lowest BCUT2D eigenvalue weighted by Gasteiger charge is -2.39. The fourth-order valence-corrected chi connectivity index (χ4v) is 6.59. The molecular weight excluding hydrogens is 446 g/mol. The number of benzene rings is 3. The standard InChI is InChI=1S/C27H31N3O3S/c1-21-5-4-8-25(19-21)28-15-17-29(18-16-28)27(31)23-11-13-30(14-12-23)34(32,33)26-10-9-22-6-2-3-7-24(22)20-26/h2-10,19-20,23H,11-18H2,1H3. The second kappa shape index (κ2) is 9.39. The minimum Gasteiger partial charge on any atom is -0.368 e. The van der Waals surface area contributed by atoms with Crippen LogP contribution in [0.2, 0.25) is 0 Å². The lowest BCUT2D eigenvalue weighted by Crippen LogP contribution is -2.52. The largest absolute Gasteiger partial charge is 0.368 e. The van der Waals surface area contributed by atoms with Crippen LogP contribution >= 0.6 is 0 Å². The van der Waals surface area contributed by atoms with Crippen molar-refractivity contribution < 1.29 is 13.2 Å². The summed E-state index contributed by atoms with van der Waals surface area (Å²) in [6.45, 7) is 5.93. The van der Waals surface area contributed by atoms with Crippen molar-refractivity contribution >= 4 is 32.4 Å². The minimum atomic E-state index is -3.57. The number of rotatable bonds is 4. The molecule has 7 heteroatoms. The molecule has 3 aromatic rings. The van der Waals surface area contributed by atoms with Gasteiger partial charge in [-0.3, -0.25) is 4.79 Å². The van der Waals surface area contributed by atoms with Crippen molar-refractivity contribution in [3.8, 4) is 0 Å². The molecule has 0 bridgehead atoms. The Kier molecular flexibility index (Phi) is 6.32. The van der Waals surface area contributed by atoms with E-state index >= 15 is 0 Å². The van der Waals surface area contributed by atoms with Gasteiger partial charge >= 0.3 is 0 Å². The van der Waals surface area contributed by atoms with Crippen LogP contribution in [0.5, 0.6) is 0 Å². The third-order valence-electron chi connectivity index (χ3n) is 7.12. The number of fused-ring (bicyclic) bond motifs is 1. The molecule has 178 valence electrons. The molecule has 3 aromatic carbocycles. The molecule has 2 fully saturated rings. The Labute approximate surface area is 201 Å². The summed E-state index contributed by atoms with van der Waals surface area (Å²) in [7, 11) is -3.57. The van der Waals surface area contributed by atoms with Crippen LogP contribution in [0.4, 0.5) is 5.69 Å². The second-order valence-corrected chi connectivity index (χ2v) is 11.3. The summed E-state index contributed by atoms with van der Waals surface area (Å²) in [4.78, 5) is 17.8. The average molecular weight is 478 g/mol. The van der Waals surface area contributed by atoms with E-state index in [0.717, 1.165) is 23.9 Å². The summed E-state index contributed by atoms with van der Waals surface area (Å²) < 4.78 is 28.0. The van der Waals surface area contributed by atoms with Gasteiger partial charge in [0.05, 0.1) is 4.90 Å². The normalized spacial score (nSPS) is 18.4. The number of nitrogens with zero attached hydrogens (tertiary/aromatic N) is 3. The number of hydrogen-bond acceptors (Lipinski definition) is 4. The molecule has 0 spiro atoms. The molecule has 0 saturated carbocycles. The van der Waals surface area contributed by atoms with Crippen molar-refractivity contribution in [2.75, 3.05) is 44.2 Å². The highest BCUT2D eigenvalue weighted by atomic mass is 32.2. The van der Waals surface area contributed by atoms with E-state index in [2.05, 4.69) is 36.1 Å². The summed E-state index contributed by atoms with van der Waals surface area (Å²) in [6.07, 6.45) is 1.15. The summed E-state index contributed by atoms with van der Waals surface area (Å²) in [6, 6.07) is 21.5. The summed E-state index contributed by atoms with van der Waals surface area (Å²) >= 11 is 0. The van der Waals surface area contributed by atoms with E-state index in [1.54, 1.807) is 12.1 Å². The van der Waals surface area contributed by atoms with Crippen LogP contribution in [0, 0.1) is 12.8 Å². The molecule has 2 heterocycles. The molecule has 0 atom stereocenters. The van der Waals surface area contributed by atoms with Gasteiger partial charge < -0.3 is 9.80 Å². The molecule has 34 heavy (non-hydrogen) atoms. The SMILES string of the molecule is Cc1cccc(N2CCN(C(=O)C3CCN(S(=O)(=O)c4ccc5ccccc5c4)CC3)CC2)c1. The number of aryl methyl sites for hydroxylation is 1. The van der Waals surface area contributed by atoms with E-state index in [-0.39, 0.29) is 11.8 Å². The first-order chi connectivity index (χ1) is 16.4. The average Bonchev–Trinajstić information content (AvgIpc) is 2.88. The van der Waals surface area contributed by atoms with Crippen molar-refractivity contribution in [2.45, 2.75) is 24.7 Å². The van der Waals surface area contributed by atoms with E-state index < -0.39 is 10.0 Å². The Hall–Kier alpha value is -2.90. The molecule has 0 N–H and O–H groups in total.